The van der Waals surface area contributed by atoms with Crippen molar-refractivity contribution in [3.05, 3.63) is 48.0 Å². The highest BCUT2D eigenvalue weighted by Crippen LogP contribution is 2.15. The van der Waals surface area contributed by atoms with Gasteiger partial charge in [0.2, 0.25) is 5.91 Å². The zero-order valence-electron chi connectivity index (χ0n) is 11.4. The van der Waals surface area contributed by atoms with Gasteiger partial charge in [0, 0.05) is 12.6 Å². The summed E-state index contributed by atoms with van der Waals surface area (Å²) >= 11 is 0. The molecule has 2 N–H and O–H groups in total. The minimum absolute atomic E-state index is 0.0670. The molecular formula is C16H20N2O. The van der Waals surface area contributed by atoms with E-state index in [2.05, 4.69) is 34.9 Å². The summed E-state index contributed by atoms with van der Waals surface area (Å²) in [7, 11) is 1.89. The van der Waals surface area contributed by atoms with Gasteiger partial charge in [-0.1, -0.05) is 42.5 Å². The second-order valence-electron chi connectivity index (χ2n) is 4.85. The first-order valence-corrected chi connectivity index (χ1v) is 6.60. The van der Waals surface area contributed by atoms with E-state index >= 15 is 0 Å². The van der Waals surface area contributed by atoms with Crippen LogP contribution in [0.2, 0.25) is 0 Å². The monoisotopic (exact) mass is 256 g/mol. The number of carbonyl (C=O) groups is 1. The Balaban J connectivity index is 1.99. The minimum atomic E-state index is 0.0670. The summed E-state index contributed by atoms with van der Waals surface area (Å²) in [5, 5.41) is 8.40. The van der Waals surface area contributed by atoms with Crippen LogP contribution in [0.5, 0.6) is 0 Å². The molecule has 0 fully saturated rings. The van der Waals surface area contributed by atoms with Gasteiger partial charge in [0.25, 0.3) is 0 Å². The van der Waals surface area contributed by atoms with Crippen LogP contribution in [0.25, 0.3) is 10.8 Å². The van der Waals surface area contributed by atoms with E-state index in [1.54, 1.807) is 0 Å². The van der Waals surface area contributed by atoms with Crippen molar-refractivity contribution < 1.29 is 4.79 Å². The molecule has 19 heavy (non-hydrogen) atoms. The molecule has 1 unspecified atom stereocenters. The quantitative estimate of drug-likeness (QED) is 0.860. The van der Waals surface area contributed by atoms with Crippen molar-refractivity contribution in [2.24, 2.45) is 0 Å². The van der Waals surface area contributed by atoms with Crippen molar-refractivity contribution >= 4 is 16.7 Å². The number of likely N-dealkylation sites (N-methyl/N-ethyl adjacent to an activating group) is 1. The number of benzene rings is 2. The molecule has 0 aromatic heterocycles. The smallest absolute Gasteiger partial charge is 0.224 e. The molecule has 0 radical (unpaired) electrons. The number of hydrogen-bond donors (Lipinski definition) is 2. The molecule has 2 rings (SSSR count). The lowest BCUT2D eigenvalue weighted by Gasteiger charge is -2.11. The summed E-state index contributed by atoms with van der Waals surface area (Å²) in [6.07, 6.45) is 0.432. The number of hydrogen-bond acceptors (Lipinski definition) is 2. The number of amides is 1. The van der Waals surface area contributed by atoms with Gasteiger partial charge in [0.05, 0.1) is 6.42 Å². The van der Waals surface area contributed by atoms with Crippen molar-refractivity contribution in [3.63, 3.8) is 0 Å². The predicted octanol–water partition coefficient (Wildman–Crippen LogP) is 2.11. The number of carbonyl (C=O) groups excluding carboxylic acids is 1. The van der Waals surface area contributed by atoms with Gasteiger partial charge in [-0.2, -0.15) is 0 Å². The number of rotatable bonds is 5. The molecule has 0 aliphatic carbocycles. The molecule has 100 valence electrons. The summed E-state index contributed by atoms with van der Waals surface area (Å²) in [5.41, 5.74) is 1.05. The molecule has 0 aliphatic heterocycles. The molecule has 1 amide bonds. The Morgan fingerprint density at radius 3 is 2.63 bits per heavy atom. The van der Waals surface area contributed by atoms with Crippen molar-refractivity contribution in [2.75, 3.05) is 13.6 Å². The van der Waals surface area contributed by atoms with Crippen molar-refractivity contribution in [1.29, 1.82) is 0 Å². The molecule has 3 nitrogen and oxygen atoms in total. The van der Waals surface area contributed by atoms with Crippen LogP contribution in [0.4, 0.5) is 0 Å². The largest absolute Gasteiger partial charge is 0.354 e. The van der Waals surface area contributed by atoms with E-state index in [0.717, 1.165) is 5.56 Å². The summed E-state index contributed by atoms with van der Waals surface area (Å²) in [6, 6.07) is 14.6. The molecule has 0 spiro atoms. The first kappa shape index (κ1) is 13.6. The Labute approximate surface area is 114 Å². The fourth-order valence-corrected chi connectivity index (χ4v) is 1.97. The van der Waals surface area contributed by atoms with Crippen LogP contribution in [0, 0.1) is 0 Å². The van der Waals surface area contributed by atoms with Gasteiger partial charge in [-0.05, 0) is 30.3 Å². The molecule has 0 aliphatic rings. The Kier molecular flexibility index (Phi) is 4.53. The molecular weight excluding hydrogens is 236 g/mol. The highest BCUT2D eigenvalue weighted by atomic mass is 16.1. The normalized spacial score (nSPS) is 12.3. The van der Waals surface area contributed by atoms with E-state index in [0.29, 0.717) is 19.0 Å². The SMILES string of the molecule is CNC(C)CNC(=O)Cc1ccc2ccccc2c1. The van der Waals surface area contributed by atoms with Gasteiger partial charge in [0.1, 0.15) is 0 Å². The van der Waals surface area contributed by atoms with E-state index in [4.69, 9.17) is 0 Å². The summed E-state index contributed by atoms with van der Waals surface area (Å²) in [4.78, 5) is 11.8. The number of nitrogens with one attached hydrogen (secondary N) is 2. The van der Waals surface area contributed by atoms with E-state index in [9.17, 15) is 4.79 Å². The third-order valence-electron chi connectivity index (χ3n) is 3.28. The average Bonchev–Trinajstić information content (AvgIpc) is 2.44. The topological polar surface area (TPSA) is 41.1 Å². The van der Waals surface area contributed by atoms with Gasteiger partial charge in [0.15, 0.2) is 0 Å². The Morgan fingerprint density at radius 2 is 1.89 bits per heavy atom. The Hall–Kier alpha value is -1.87. The van der Waals surface area contributed by atoms with E-state index < -0.39 is 0 Å². The second kappa shape index (κ2) is 6.34. The zero-order valence-corrected chi connectivity index (χ0v) is 11.4. The van der Waals surface area contributed by atoms with Crippen molar-refractivity contribution in [1.82, 2.24) is 10.6 Å². The lowest BCUT2D eigenvalue weighted by molar-refractivity contribution is -0.120. The van der Waals surface area contributed by atoms with E-state index in [-0.39, 0.29) is 5.91 Å². The lowest BCUT2D eigenvalue weighted by Crippen LogP contribution is -2.37. The van der Waals surface area contributed by atoms with Crippen LogP contribution in [0.3, 0.4) is 0 Å². The zero-order chi connectivity index (χ0) is 13.7. The molecule has 1 atom stereocenters. The molecule has 2 aromatic rings. The van der Waals surface area contributed by atoms with Gasteiger partial charge in [-0.25, -0.2) is 0 Å². The van der Waals surface area contributed by atoms with Gasteiger partial charge < -0.3 is 10.6 Å². The Bertz CT molecular complexity index is 565. The van der Waals surface area contributed by atoms with Crippen molar-refractivity contribution in [3.8, 4) is 0 Å². The fourth-order valence-electron chi connectivity index (χ4n) is 1.97. The van der Waals surface area contributed by atoms with Crippen LogP contribution in [0.15, 0.2) is 42.5 Å². The first-order chi connectivity index (χ1) is 9.19. The maximum absolute atomic E-state index is 11.8. The van der Waals surface area contributed by atoms with Crippen LogP contribution in [-0.4, -0.2) is 25.5 Å². The minimum Gasteiger partial charge on any atom is -0.354 e. The van der Waals surface area contributed by atoms with Crippen LogP contribution < -0.4 is 10.6 Å². The molecule has 3 heteroatoms. The summed E-state index contributed by atoms with van der Waals surface area (Å²) < 4.78 is 0. The van der Waals surface area contributed by atoms with Gasteiger partial charge in [-0.3, -0.25) is 4.79 Å². The Morgan fingerprint density at radius 1 is 1.16 bits per heavy atom. The van der Waals surface area contributed by atoms with Crippen molar-refractivity contribution in [2.45, 2.75) is 19.4 Å². The fraction of sp³-hybridized carbons (Fsp3) is 0.312. The van der Waals surface area contributed by atoms with E-state index in [1.807, 2.05) is 32.2 Å². The predicted molar refractivity (Wildman–Crippen MR) is 79.2 cm³/mol. The van der Waals surface area contributed by atoms with E-state index in [1.165, 1.54) is 10.8 Å². The second-order valence-corrected chi connectivity index (χ2v) is 4.85. The molecule has 2 aromatic carbocycles. The molecule has 0 saturated carbocycles. The maximum Gasteiger partial charge on any atom is 0.224 e. The number of fused-ring (bicyclic) bond motifs is 1. The first-order valence-electron chi connectivity index (χ1n) is 6.60. The maximum atomic E-state index is 11.8. The molecule has 0 bridgehead atoms. The van der Waals surface area contributed by atoms with Gasteiger partial charge >= 0.3 is 0 Å². The highest BCUT2D eigenvalue weighted by Gasteiger charge is 2.05. The molecule has 0 saturated heterocycles. The third-order valence-corrected chi connectivity index (χ3v) is 3.28. The molecule has 0 heterocycles. The average molecular weight is 256 g/mol. The van der Waals surface area contributed by atoms with Crippen LogP contribution in [0.1, 0.15) is 12.5 Å². The lowest BCUT2D eigenvalue weighted by atomic mass is 10.0. The highest BCUT2D eigenvalue weighted by molar-refractivity contribution is 5.85. The van der Waals surface area contributed by atoms with Crippen LogP contribution in [-0.2, 0) is 11.2 Å². The van der Waals surface area contributed by atoms with Gasteiger partial charge in [-0.15, -0.1) is 0 Å². The summed E-state index contributed by atoms with van der Waals surface area (Å²) in [5.74, 6) is 0.0670. The summed E-state index contributed by atoms with van der Waals surface area (Å²) in [6.45, 7) is 2.69. The van der Waals surface area contributed by atoms with Crippen LogP contribution >= 0.6 is 0 Å². The third kappa shape index (κ3) is 3.80. The standard InChI is InChI=1S/C16H20N2O/c1-12(17-2)11-18-16(19)10-13-7-8-14-5-3-4-6-15(14)9-13/h3-9,12,17H,10-11H2,1-2H3,(H,18,19).